The molecule has 2 unspecified atom stereocenters. The van der Waals surface area contributed by atoms with Gasteiger partial charge in [-0.05, 0) is 86.4 Å². The van der Waals surface area contributed by atoms with Crippen molar-refractivity contribution in [1.82, 2.24) is 10.6 Å². The van der Waals surface area contributed by atoms with E-state index in [0.717, 1.165) is 49.5 Å². The lowest BCUT2D eigenvalue weighted by atomic mass is 9.54. The molecule has 2 N–H and O–H groups in total. The largest absolute Gasteiger partial charge is 0.356 e. The van der Waals surface area contributed by atoms with Gasteiger partial charge in [0, 0.05) is 25.4 Å². The van der Waals surface area contributed by atoms with Crippen LogP contribution in [0.2, 0.25) is 0 Å². The van der Waals surface area contributed by atoms with E-state index in [1.807, 2.05) is 0 Å². The lowest BCUT2D eigenvalue weighted by Gasteiger charge is -2.54. The van der Waals surface area contributed by atoms with Crippen molar-refractivity contribution in [2.45, 2.75) is 84.1 Å². The molecule has 5 saturated carbocycles. The quantitative estimate of drug-likeness (QED) is 0.710. The van der Waals surface area contributed by atoms with Crippen molar-refractivity contribution in [2.24, 2.45) is 41.4 Å². The van der Waals surface area contributed by atoms with Gasteiger partial charge in [-0.25, -0.2) is 0 Å². The Morgan fingerprint density at radius 2 is 1.41 bits per heavy atom. The van der Waals surface area contributed by atoms with Gasteiger partial charge in [-0.1, -0.05) is 20.3 Å². The summed E-state index contributed by atoms with van der Waals surface area (Å²) in [5.74, 6) is 5.08. The average molecular weight is 375 g/mol. The molecule has 2 atom stereocenters. The van der Waals surface area contributed by atoms with Gasteiger partial charge in [0.25, 0.3) is 0 Å². The topological polar surface area (TPSA) is 58.2 Å². The summed E-state index contributed by atoms with van der Waals surface area (Å²) in [5.41, 5.74) is 0. The minimum absolute atomic E-state index is 0.169. The molecular weight excluding hydrogens is 336 g/mol. The van der Waals surface area contributed by atoms with Crippen molar-refractivity contribution in [2.75, 3.05) is 6.54 Å². The molecule has 0 aromatic carbocycles. The fourth-order valence-corrected chi connectivity index (χ4v) is 6.92. The molecule has 0 heterocycles. The first-order valence-corrected chi connectivity index (χ1v) is 11.5. The van der Waals surface area contributed by atoms with E-state index < -0.39 is 0 Å². The molecule has 0 aliphatic heterocycles. The maximum absolute atomic E-state index is 12.8. The van der Waals surface area contributed by atoms with E-state index in [1.165, 1.54) is 32.1 Å². The monoisotopic (exact) mass is 374 g/mol. The second-order valence-corrected chi connectivity index (χ2v) is 10.6. The maximum atomic E-state index is 12.8. The maximum Gasteiger partial charge on any atom is 0.220 e. The second-order valence-electron chi connectivity index (χ2n) is 10.6. The fraction of sp³-hybridized carbons (Fsp3) is 0.913. The van der Waals surface area contributed by atoms with Crippen molar-refractivity contribution < 1.29 is 9.59 Å². The highest BCUT2D eigenvalue weighted by Gasteiger charge is 2.48. The Kier molecular flexibility index (Phi) is 5.80. The summed E-state index contributed by atoms with van der Waals surface area (Å²) >= 11 is 0. The molecule has 2 amide bonds. The summed E-state index contributed by atoms with van der Waals surface area (Å²) in [7, 11) is 0. The van der Waals surface area contributed by atoms with Gasteiger partial charge in [0.05, 0.1) is 0 Å². The number of hydrogen-bond acceptors (Lipinski definition) is 2. The number of carbonyl (C=O) groups is 2. The van der Waals surface area contributed by atoms with Crippen LogP contribution < -0.4 is 10.6 Å². The highest BCUT2D eigenvalue weighted by atomic mass is 16.2. The zero-order chi connectivity index (χ0) is 19.0. The Morgan fingerprint density at radius 1 is 0.852 bits per heavy atom. The van der Waals surface area contributed by atoms with E-state index in [9.17, 15) is 9.59 Å². The third kappa shape index (κ3) is 4.51. The van der Waals surface area contributed by atoms with Gasteiger partial charge in [0.15, 0.2) is 0 Å². The number of hydrogen-bond donors (Lipinski definition) is 2. The van der Waals surface area contributed by atoms with Crippen molar-refractivity contribution in [1.29, 1.82) is 0 Å². The van der Waals surface area contributed by atoms with Crippen LogP contribution in [0, 0.1) is 41.4 Å². The van der Waals surface area contributed by atoms with Crippen LogP contribution in [0.25, 0.3) is 0 Å². The lowest BCUT2D eigenvalue weighted by molar-refractivity contribution is -0.127. The molecule has 5 rings (SSSR count). The summed E-state index contributed by atoms with van der Waals surface area (Å²) in [6.07, 6.45) is 11.4. The molecule has 0 aromatic rings. The van der Waals surface area contributed by atoms with Crippen LogP contribution >= 0.6 is 0 Å². The molecule has 27 heavy (non-hydrogen) atoms. The summed E-state index contributed by atoms with van der Waals surface area (Å²) in [5, 5.41) is 6.51. The first kappa shape index (κ1) is 19.3. The molecule has 4 bridgehead atoms. The third-order valence-corrected chi connectivity index (χ3v) is 7.97. The number of carbonyl (C=O) groups excluding carboxylic acids is 2. The smallest absolute Gasteiger partial charge is 0.220 e. The van der Waals surface area contributed by atoms with Crippen molar-refractivity contribution in [3.8, 4) is 0 Å². The predicted octanol–water partition coefficient (Wildman–Crippen LogP) is 3.90. The van der Waals surface area contributed by atoms with E-state index in [2.05, 4.69) is 24.5 Å². The molecule has 0 spiro atoms. The van der Waals surface area contributed by atoms with Crippen molar-refractivity contribution in [3.05, 3.63) is 0 Å². The van der Waals surface area contributed by atoms with Gasteiger partial charge < -0.3 is 10.6 Å². The Balaban J connectivity index is 1.25. The van der Waals surface area contributed by atoms with Gasteiger partial charge in [0.2, 0.25) is 11.8 Å². The summed E-state index contributed by atoms with van der Waals surface area (Å²) in [6, 6.07) is 0.444. The van der Waals surface area contributed by atoms with Crippen LogP contribution in [0.3, 0.4) is 0 Å². The molecule has 0 aromatic heterocycles. The van der Waals surface area contributed by atoms with Crippen LogP contribution in [0.1, 0.15) is 78.1 Å². The molecule has 0 radical (unpaired) electrons. The third-order valence-electron chi connectivity index (χ3n) is 7.97. The Bertz CT molecular complexity index is 531. The molecule has 5 aliphatic carbocycles. The standard InChI is InChI=1S/C23H38N2O2/c1-14(2)13-24-21(26)11-17-4-3-5-18(17)12-22(27)25-23-19-7-15-6-16(9-19)10-20(23)8-15/h14-20,23H,3-13H2,1-2H3,(H,24,26)(H,25,27). The van der Waals surface area contributed by atoms with E-state index in [4.69, 9.17) is 0 Å². The second kappa shape index (κ2) is 8.13. The summed E-state index contributed by atoms with van der Waals surface area (Å²) < 4.78 is 0. The highest BCUT2D eigenvalue weighted by Crippen LogP contribution is 2.53. The zero-order valence-electron chi connectivity index (χ0n) is 17.2. The normalized spacial score (nSPS) is 39.7. The Morgan fingerprint density at radius 3 is 1.96 bits per heavy atom. The van der Waals surface area contributed by atoms with Crippen LogP contribution in [0.5, 0.6) is 0 Å². The molecule has 5 fully saturated rings. The molecule has 152 valence electrons. The molecule has 0 saturated heterocycles. The van der Waals surface area contributed by atoms with Crippen LogP contribution in [0.15, 0.2) is 0 Å². The number of amides is 2. The Hall–Kier alpha value is -1.06. The minimum atomic E-state index is 0.169. The van der Waals surface area contributed by atoms with Gasteiger partial charge in [0.1, 0.15) is 0 Å². The van der Waals surface area contributed by atoms with E-state index >= 15 is 0 Å². The number of rotatable bonds is 7. The van der Waals surface area contributed by atoms with Crippen LogP contribution in [-0.4, -0.2) is 24.4 Å². The molecule has 4 nitrogen and oxygen atoms in total. The van der Waals surface area contributed by atoms with Crippen molar-refractivity contribution in [3.63, 3.8) is 0 Å². The predicted molar refractivity (Wildman–Crippen MR) is 107 cm³/mol. The summed E-state index contributed by atoms with van der Waals surface area (Å²) in [6.45, 7) is 4.99. The average Bonchev–Trinajstić information content (AvgIpc) is 3.02. The van der Waals surface area contributed by atoms with Crippen LogP contribution in [0.4, 0.5) is 0 Å². The van der Waals surface area contributed by atoms with E-state index in [0.29, 0.717) is 36.6 Å². The first-order valence-electron chi connectivity index (χ1n) is 11.5. The lowest BCUT2D eigenvalue weighted by Crippen LogP contribution is -2.56. The van der Waals surface area contributed by atoms with Crippen LogP contribution in [-0.2, 0) is 9.59 Å². The zero-order valence-corrected chi connectivity index (χ0v) is 17.2. The molecule has 5 aliphatic rings. The molecule has 4 heteroatoms. The fourth-order valence-electron chi connectivity index (χ4n) is 6.92. The van der Waals surface area contributed by atoms with Gasteiger partial charge in [-0.3, -0.25) is 9.59 Å². The minimum Gasteiger partial charge on any atom is -0.356 e. The summed E-state index contributed by atoms with van der Waals surface area (Å²) in [4.78, 5) is 25.0. The van der Waals surface area contributed by atoms with Crippen molar-refractivity contribution >= 4 is 11.8 Å². The number of nitrogens with one attached hydrogen (secondary N) is 2. The van der Waals surface area contributed by atoms with E-state index in [1.54, 1.807) is 0 Å². The van der Waals surface area contributed by atoms with Gasteiger partial charge in [-0.15, -0.1) is 0 Å². The first-order chi connectivity index (χ1) is 13.0. The van der Waals surface area contributed by atoms with E-state index in [-0.39, 0.29) is 11.8 Å². The van der Waals surface area contributed by atoms with Gasteiger partial charge >= 0.3 is 0 Å². The Labute approximate surface area is 164 Å². The van der Waals surface area contributed by atoms with Gasteiger partial charge in [-0.2, -0.15) is 0 Å². The SMILES string of the molecule is CC(C)CNC(=O)CC1CCCC1CC(=O)NC1C2CC3CC(C2)CC1C3. The molecular formula is C23H38N2O2. The highest BCUT2D eigenvalue weighted by molar-refractivity contribution is 5.78.